The van der Waals surface area contributed by atoms with Crippen molar-refractivity contribution in [1.29, 1.82) is 0 Å². The van der Waals surface area contributed by atoms with Crippen molar-refractivity contribution in [3.8, 4) is 68.7 Å². The first kappa shape index (κ1) is 32.6. The third kappa shape index (κ3) is 8.41. The molecule has 4 aromatic rings. The first-order valence-electron chi connectivity index (χ1n) is 14.7. The molecule has 0 bridgehead atoms. The maximum atomic E-state index is 11.3. The maximum absolute atomic E-state index is 11.3. The average Bonchev–Trinajstić information content (AvgIpc) is 3.04. The largest absolute Gasteiger partial charge is 0.507 e. The molecule has 0 aliphatic heterocycles. The molecule has 4 rings (SSSR count). The fourth-order valence-electron chi connectivity index (χ4n) is 4.33. The van der Waals surface area contributed by atoms with Crippen molar-refractivity contribution < 1.29 is 38.3 Å². The summed E-state index contributed by atoms with van der Waals surface area (Å²) in [6.45, 7) is 12.9. The van der Waals surface area contributed by atoms with Crippen molar-refractivity contribution in [3.05, 3.63) is 67.3 Å². The van der Waals surface area contributed by atoms with Crippen LogP contribution in [0.15, 0.2) is 67.3 Å². The number of aromatic hydroxyl groups is 1. The number of rotatable bonds is 16. The van der Waals surface area contributed by atoms with Crippen LogP contribution in [0.25, 0.3) is 34.2 Å². The van der Waals surface area contributed by atoms with E-state index in [2.05, 4.69) is 6.58 Å². The molecular formula is C34H37N3O8. The second-order valence-electron chi connectivity index (χ2n) is 9.25. The van der Waals surface area contributed by atoms with E-state index in [-0.39, 0.29) is 24.8 Å². The highest BCUT2D eigenvalue weighted by Crippen LogP contribution is 2.38. The van der Waals surface area contributed by atoms with Gasteiger partial charge in [0.25, 0.3) is 0 Å². The molecule has 0 radical (unpaired) electrons. The van der Waals surface area contributed by atoms with Crippen molar-refractivity contribution in [3.63, 3.8) is 0 Å². The minimum Gasteiger partial charge on any atom is -0.507 e. The number of hydrogen-bond donors (Lipinski definition) is 1. The van der Waals surface area contributed by atoms with Gasteiger partial charge in [-0.1, -0.05) is 6.58 Å². The Bertz CT molecular complexity index is 1550. The number of phenolic OH excluding ortho intramolecular Hbond substituents is 1. The van der Waals surface area contributed by atoms with Gasteiger partial charge in [0.2, 0.25) is 0 Å². The Morgan fingerprint density at radius 1 is 0.644 bits per heavy atom. The molecule has 11 nitrogen and oxygen atoms in total. The monoisotopic (exact) mass is 615 g/mol. The summed E-state index contributed by atoms with van der Waals surface area (Å²) in [5, 5.41) is 11.1. The number of carbonyl (C=O) groups excluding carboxylic acids is 1. The Hall–Kier alpha value is -5.32. The van der Waals surface area contributed by atoms with Crippen LogP contribution in [0.2, 0.25) is 0 Å². The van der Waals surface area contributed by atoms with Crippen LogP contribution in [0.4, 0.5) is 0 Å². The molecule has 0 amide bonds. The van der Waals surface area contributed by atoms with E-state index in [0.29, 0.717) is 83.5 Å². The van der Waals surface area contributed by atoms with Gasteiger partial charge in [-0.15, -0.1) is 0 Å². The number of esters is 1. The molecule has 3 aromatic carbocycles. The highest BCUT2D eigenvalue weighted by atomic mass is 16.6. The Balaban J connectivity index is 1.82. The first-order chi connectivity index (χ1) is 21.9. The van der Waals surface area contributed by atoms with E-state index in [1.54, 1.807) is 24.3 Å². The number of nitrogens with zero attached hydrogens (tertiary/aromatic N) is 3. The number of hydrogen-bond acceptors (Lipinski definition) is 11. The van der Waals surface area contributed by atoms with Crippen molar-refractivity contribution in [2.75, 3.05) is 39.6 Å². The van der Waals surface area contributed by atoms with Crippen LogP contribution in [0.1, 0.15) is 27.7 Å². The fourth-order valence-corrected chi connectivity index (χ4v) is 4.33. The van der Waals surface area contributed by atoms with E-state index in [4.69, 9.17) is 43.4 Å². The molecule has 0 spiro atoms. The van der Waals surface area contributed by atoms with Crippen LogP contribution in [-0.2, 0) is 9.53 Å². The number of carbonyl (C=O) groups is 1. The number of phenols is 1. The molecule has 0 atom stereocenters. The van der Waals surface area contributed by atoms with Gasteiger partial charge < -0.3 is 33.5 Å². The summed E-state index contributed by atoms with van der Waals surface area (Å²) in [6, 6.07) is 15.6. The molecular weight excluding hydrogens is 578 g/mol. The number of benzene rings is 3. The summed E-state index contributed by atoms with van der Waals surface area (Å²) in [4.78, 5) is 25.6. The molecule has 0 fully saturated rings. The summed E-state index contributed by atoms with van der Waals surface area (Å²) in [5.41, 5.74) is 1.57. The van der Waals surface area contributed by atoms with Crippen LogP contribution in [0.3, 0.4) is 0 Å². The SMILES string of the molecule is C=CC(=O)OCCOc1ccc(-c2nc(-c3ccc(OCC)cc3OCC)nc(-c3ccc(OCC)cc3OCC)n2)c(O)c1. The smallest absolute Gasteiger partial charge is 0.330 e. The van der Waals surface area contributed by atoms with E-state index >= 15 is 0 Å². The van der Waals surface area contributed by atoms with Gasteiger partial charge in [-0.2, -0.15) is 0 Å². The van der Waals surface area contributed by atoms with Gasteiger partial charge in [0.1, 0.15) is 47.7 Å². The fraction of sp³-hybridized carbons (Fsp3) is 0.294. The average molecular weight is 616 g/mol. The molecule has 0 aliphatic rings. The molecule has 1 N–H and O–H groups in total. The van der Waals surface area contributed by atoms with Crippen LogP contribution < -0.4 is 23.7 Å². The molecule has 1 aromatic heterocycles. The van der Waals surface area contributed by atoms with Gasteiger partial charge >= 0.3 is 5.97 Å². The predicted molar refractivity (Wildman–Crippen MR) is 169 cm³/mol. The Labute approximate surface area is 262 Å². The molecule has 45 heavy (non-hydrogen) atoms. The number of ether oxygens (including phenoxy) is 6. The first-order valence-corrected chi connectivity index (χ1v) is 14.7. The summed E-state index contributed by atoms with van der Waals surface area (Å²) in [6.07, 6.45) is 1.08. The second kappa shape index (κ2) is 15.9. The van der Waals surface area contributed by atoms with Gasteiger partial charge in [-0.05, 0) is 64.1 Å². The van der Waals surface area contributed by atoms with E-state index in [1.807, 2.05) is 52.0 Å². The van der Waals surface area contributed by atoms with Gasteiger partial charge in [-0.3, -0.25) is 0 Å². The molecule has 0 saturated heterocycles. The predicted octanol–water partition coefficient (Wildman–Crippen LogP) is 6.28. The van der Waals surface area contributed by atoms with Gasteiger partial charge in [0.05, 0.1) is 43.1 Å². The molecule has 0 saturated carbocycles. The zero-order valence-electron chi connectivity index (χ0n) is 25.9. The molecule has 236 valence electrons. The zero-order valence-corrected chi connectivity index (χ0v) is 25.9. The summed E-state index contributed by atoms with van der Waals surface area (Å²) in [5.74, 6) is 2.94. The lowest BCUT2D eigenvalue weighted by molar-refractivity contribution is -0.138. The van der Waals surface area contributed by atoms with Gasteiger partial charge in [0, 0.05) is 24.3 Å². The second-order valence-corrected chi connectivity index (χ2v) is 9.25. The summed E-state index contributed by atoms with van der Waals surface area (Å²) < 4.78 is 33.9. The Morgan fingerprint density at radius 2 is 1.09 bits per heavy atom. The lowest BCUT2D eigenvalue weighted by Gasteiger charge is -2.15. The lowest BCUT2D eigenvalue weighted by atomic mass is 10.1. The van der Waals surface area contributed by atoms with Crippen molar-refractivity contribution in [2.45, 2.75) is 27.7 Å². The van der Waals surface area contributed by atoms with Crippen LogP contribution >= 0.6 is 0 Å². The maximum Gasteiger partial charge on any atom is 0.330 e. The number of aromatic nitrogens is 3. The van der Waals surface area contributed by atoms with E-state index < -0.39 is 5.97 Å². The van der Waals surface area contributed by atoms with Crippen molar-refractivity contribution >= 4 is 5.97 Å². The summed E-state index contributed by atoms with van der Waals surface area (Å²) >= 11 is 0. The standard InChI is InChI=1S/C34H37N3O8/c1-6-31(39)45-18-17-44-22-11-14-25(28(38)19-22)32-35-33(26-15-12-23(40-7-2)20-29(26)42-9-4)37-34(36-32)27-16-13-24(41-8-3)21-30(27)43-10-5/h6,11-16,19-21,38H,1,7-10,17-18H2,2-5H3. The highest BCUT2D eigenvalue weighted by molar-refractivity contribution is 5.81. The lowest BCUT2D eigenvalue weighted by Crippen LogP contribution is -2.10. The van der Waals surface area contributed by atoms with Gasteiger partial charge in [-0.25, -0.2) is 19.7 Å². The van der Waals surface area contributed by atoms with E-state index in [1.165, 1.54) is 6.07 Å². The Kier molecular flexibility index (Phi) is 11.6. The van der Waals surface area contributed by atoms with E-state index in [9.17, 15) is 9.90 Å². The minimum absolute atomic E-state index is 0.0298. The van der Waals surface area contributed by atoms with E-state index in [0.717, 1.165) is 6.08 Å². The topological polar surface area (TPSA) is 131 Å². The van der Waals surface area contributed by atoms with Gasteiger partial charge in [0.15, 0.2) is 17.5 Å². The quantitative estimate of drug-likeness (QED) is 0.0868. The normalized spacial score (nSPS) is 10.6. The third-order valence-electron chi connectivity index (χ3n) is 6.22. The minimum atomic E-state index is -0.543. The summed E-state index contributed by atoms with van der Waals surface area (Å²) in [7, 11) is 0. The van der Waals surface area contributed by atoms with Crippen molar-refractivity contribution in [2.24, 2.45) is 0 Å². The third-order valence-corrected chi connectivity index (χ3v) is 6.22. The zero-order chi connectivity index (χ0) is 32.2. The van der Waals surface area contributed by atoms with Crippen LogP contribution in [0.5, 0.6) is 34.5 Å². The van der Waals surface area contributed by atoms with Crippen molar-refractivity contribution in [1.82, 2.24) is 15.0 Å². The molecule has 0 aliphatic carbocycles. The van der Waals surface area contributed by atoms with Crippen LogP contribution in [-0.4, -0.2) is 65.7 Å². The molecule has 1 heterocycles. The molecule has 11 heteroatoms. The molecule has 0 unspecified atom stereocenters. The van der Waals surface area contributed by atoms with Crippen LogP contribution in [0, 0.1) is 0 Å². The Morgan fingerprint density at radius 3 is 1.53 bits per heavy atom. The highest BCUT2D eigenvalue weighted by Gasteiger charge is 2.20.